The van der Waals surface area contributed by atoms with Crippen LogP contribution in [0.25, 0.3) is 21.5 Å². The van der Waals surface area contributed by atoms with Gasteiger partial charge in [-0.2, -0.15) is 21.0 Å². The van der Waals surface area contributed by atoms with Gasteiger partial charge in [0.1, 0.15) is 53.0 Å². The van der Waals surface area contributed by atoms with Crippen molar-refractivity contribution in [2.45, 2.75) is 0 Å². The topological polar surface area (TPSA) is 126 Å². The molecule has 3 aromatic rings. The number of hydrogen-bond donors (Lipinski definition) is 2. The molecule has 38 heavy (non-hydrogen) atoms. The Morgan fingerprint density at radius 1 is 0.526 bits per heavy atom. The summed E-state index contributed by atoms with van der Waals surface area (Å²) in [5.41, 5.74) is -3.97. The molecule has 0 radical (unpaired) electrons. The molecule has 2 aliphatic rings. The SMILES string of the molecule is CN1C(=C(C#N)C#N)Nc2c1c(F)c1c(c2F)c(F)c(F)c2c3c(c(F)c(F)c21)NC(=C(C#N)C#N)N3C. The van der Waals surface area contributed by atoms with E-state index in [9.17, 15) is 21.0 Å². The van der Waals surface area contributed by atoms with Crippen LogP contribution >= 0.6 is 0 Å². The first-order valence-corrected chi connectivity index (χ1v) is 10.3. The molecular weight excluding hydrogens is 514 g/mol. The Labute approximate surface area is 208 Å². The number of anilines is 4. The Hall–Kier alpha value is -5.60. The highest BCUT2D eigenvalue weighted by molar-refractivity contribution is 6.18. The van der Waals surface area contributed by atoms with Crippen molar-refractivity contribution in [2.75, 3.05) is 34.5 Å². The van der Waals surface area contributed by atoms with E-state index >= 15 is 26.3 Å². The average molecular weight is 522 g/mol. The van der Waals surface area contributed by atoms with Crippen LogP contribution in [0.15, 0.2) is 22.8 Å². The average Bonchev–Trinajstić information content (AvgIpc) is 3.42. The zero-order valence-corrected chi connectivity index (χ0v) is 19.0. The summed E-state index contributed by atoms with van der Waals surface area (Å²) in [6.45, 7) is 0. The van der Waals surface area contributed by atoms with E-state index in [0.717, 1.165) is 23.9 Å². The maximum absolute atomic E-state index is 16.0. The molecule has 0 spiro atoms. The first kappa shape index (κ1) is 24.1. The van der Waals surface area contributed by atoms with Crippen LogP contribution in [-0.4, -0.2) is 14.1 Å². The molecule has 2 aliphatic heterocycles. The van der Waals surface area contributed by atoms with Crippen molar-refractivity contribution >= 4 is 44.3 Å². The quantitative estimate of drug-likeness (QED) is 0.238. The molecule has 0 bridgehead atoms. The largest absolute Gasteiger partial charge is 0.336 e. The summed E-state index contributed by atoms with van der Waals surface area (Å²) in [5.74, 6) is -11.2. The fourth-order valence-electron chi connectivity index (χ4n) is 4.69. The van der Waals surface area contributed by atoms with E-state index in [2.05, 4.69) is 10.6 Å². The first-order chi connectivity index (χ1) is 18.0. The minimum Gasteiger partial charge on any atom is -0.336 e. The van der Waals surface area contributed by atoms with Gasteiger partial charge in [0.05, 0.1) is 16.5 Å². The lowest BCUT2D eigenvalue weighted by Gasteiger charge is -2.19. The van der Waals surface area contributed by atoms with E-state index in [4.69, 9.17) is 0 Å². The molecule has 0 aliphatic carbocycles. The van der Waals surface area contributed by atoms with E-state index in [1.54, 1.807) is 0 Å². The van der Waals surface area contributed by atoms with Crippen LogP contribution in [0.3, 0.4) is 0 Å². The highest BCUT2D eigenvalue weighted by Gasteiger charge is 2.39. The minimum atomic E-state index is -1.94. The molecule has 2 N–H and O–H groups in total. The molecule has 0 fully saturated rings. The number of fused-ring (bicyclic) bond motifs is 6. The number of benzene rings is 3. The molecule has 14 heteroatoms. The number of nitrogens with zero attached hydrogens (tertiary/aromatic N) is 6. The van der Waals surface area contributed by atoms with E-state index in [1.165, 1.54) is 24.3 Å². The van der Waals surface area contributed by atoms with Crippen molar-refractivity contribution in [3.63, 3.8) is 0 Å². The van der Waals surface area contributed by atoms with Crippen LogP contribution in [0.4, 0.5) is 49.1 Å². The Kier molecular flexibility index (Phi) is 5.05. The van der Waals surface area contributed by atoms with Crippen molar-refractivity contribution < 1.29 is 26.3 Å². The predicted molar refractivity (Wildman–Crippen MR) is 122 cm³/mol. The highest BCUT2D eigenvalue weighted by Crippen LogP contribution is 2.52. The normalized spacial score (nSPS) is 13.4. The lowest BCUT2D eigenvalue weighted by molar-refractivity contribution is 0.511. The van der Waals surface area contributed by atoms with Crippen LogP contribution in [0.2, 0.25) is 0 Å². The molecular formula is C24H8F6N8. The molecule has 0 saturated carbocycles. The maximum Gasteiger partial charge on any atom is 0.185 e. The Morgan fingerprint density at radius 2 is 0.921 bits per heavy atom. The highest BCUT2D eigenvalue weighted by atomic mass is 19.2. The fourth-order valence-corrected chi connectivity index (χ4v) is 4.69. The van der Waals surface area contributed by atoms with E-state index in [0.29, 0.717) is 0 Å². The van der Waals surface area contributed by atoms with Gasteiger partial charge in [0.25, 0.3) is 0 Å². The van der Waals surface area contributed by atoms with Crippen molar-refractivity contribution in [1.29, 1.82) is 21.0 Å². The van der Waals surface area contributed by atoms with Gasteiger partial charge >= 0.3 is 0 Å². The minimum absolute atomic E-state index is 0.379. The van der Waals surface area contributed by atoms with Crippen LogP contribution in [0, 0.1) is 80.2 Å². The zero-order chi connectivity index (χ0) is 27.8. The lowest BCUT2D eigenvalue weighted by Crippen LogP contribution is -2.17. The molecule has 0 amide bonds. The summed E-state index contributed by atoms with van der Waals surface area (Å²) in [6, 6.07) is 6.11. The van der Waals surface area contributed by atoms with Crippen molar-refractivity contribution in [3.05, 3.63) is 57.7 Å². The summed E-state index contributed by atoms with van der Waals surface area (Å²) < 4.78 is 93.4. The number of allylic oxidation sites excluding steroid dienone is 2. The summed E-state index contributed by atoms with van der Waals surface area (Å²) in [4.78, 5) is 1.74. The van der Waals surface area contributed by atoms with Gasteiger partial charge in [-0.05, 0) is 0 Å². The van der Waals surface area contributed by atoms with Crippen molar-refractivity contribution in [2.24, 2.45) is 0 Å². The third kappa shape index (κ3) is 2.71. The number of hydrogen-bond acceptors (Lipinski definition) is 8. The molecule has 0 atom stereocenters. The summed E-state index contributed by atoms with van der Waals surface area (Å²) in [7, 11) is 2.27. The second-order valence-corrected chi connectivity index (χ2v) is 8.09. The zero-order valence-electron chi connectivity index (χ0n) is 19.0. The second-order valence-electron chi connectivity index (χ2n) is 8.09. The smallest absolute Gasteiger partial charge is 0.185 e. The monoisotopic (exact) mass is 522 g/mol. The van der Waals surface area contributed by atoms with Crippen molar-refractivity contribution in [3.8, 4) is 24.3 Å². The summed E-state index contributed by atoms with van der Waals surface area (Å²) in [5, 5.41) is 36.7. The van der Waals surface area contributed by atoms with Gasteiger partial charge in [0.15, 0.2) is 46.0 Å². The van der Waals surface area contributed by atoms with Crippen LogP contribution in [0.5, 0.6) is 0 Å². The number of halogens is 6. The number of rotatable bonds is 0. The van der Waals surface area contributed by atoms with E-state index in [1.807, 2.05) is 0 Å². The number of nitrogens with one attached hydrogen (secondary N) is 2. The Morgan fingerprint density at radius 3 is 1.42 bits per heavy atom. The van der Waals surface area contributed by atoms with Gasteiger partial charge < -0.3 is 20.4 Å². The molecule has 186 valence electrons. The predicted octanol–water partition coefficient (Wildman–Crippen LogP) is 5.07. The Bertz CT molecular complexity index is 1880. The first-order valence-electron chi connectivity index (χ1n) is 10.3. The summed E-state index contributed by atoms with van der Waals surface area (Å²) >= 11 is 0. The van der Waals surface area contributed by atoms with Crippen molar-refractivity contribution in [1.82, 2.24) is 0 Å². The summed E-state index contributed by atoms with van der Waals surface area (Å²) in [6.07, 6.45) is 0. The van der Waals surface area contributed by atoms with Gasteiger partial charge in [-0.15, -0.1) is 0 Å². The molecule has 0 saturated heterocycles. The van der Waals surface area contributed by atoms with Crippen LogP contribution < -0.4 is 20.4 Å². The van der Waals surface area contributed by atoms with Crippen LogP contribution in [0.1, 0.15) is 0 Å². The fraction of sp³-hybridized carbons (Fsp3) is 0.0833. The van der Waals surface area contributed by atoms with E-state index in [-0.39, 0.29) is 11.6 Å². The van der Waals surface area contributed by atoms with Gasteiger partial charge in [-0.25, -0.2) is 26.3 Å². The van der Waals surface area contributed by atoms with Gasteiger partial charge in [0, 0.05) is 24.9 Å². The van der Waals surface area contributed by atoms with Crippen LogP contribution in [-0.2, 0) is 0 Å². The molecule has 2 heterocycles. The van der Waals surface area contributed by atoms with Gasteiger partial charge in [-0.1, -0.05) is 0 Å². The van der Waals surface area contributed by atoms with E-state index < -0.39 is 90.3 Å². The number of nitriles is 4. The lowest BCUT2D eigenvalue weighted by atomic mass is 9.95. The molecule has 8 nitrogen and oxygen atoms in total. The Balaban J connectivity index is 2.01. The molecule has 0 aromatic heterocycles. The third-order valence-electron chi connectivity index (χ3n) is 6.34. The van der Waals surface area contributed by atoms with Gasteiger partial charge in [0.2, 0.25) is 0 Å². The molecule has 5 rings (SSSR count). The standard InChI is InChI=1S/C24H8F6N8/c1-37-21-12-10(13(25)18(30)20(21)36-23(37)7(3-31)4-32)9-11(14(26)15(12)27)16(28)19-22(17(9)29)38(2)24(35-19)8(5-33)6-34/h35-36H,1-2H3. The van der Waals surface area contributed by atoms with Gasteiger partial charge in [-0.3, -0.25) is 0 Å². The second kappa shape index (κ2) is 7.95. The molecule has 3 aromatic carbocycles. The maximum atomic E-state index is 16.0. The third-order valence-corrected chi connectivity index (χ3v) is 6.34. The molecule has 0 unspecified atom stereocenters.